The molecule has 0 fully saturated rings. The summed E-state index contributed by atoms with van der Waals surface area (Å²) in [7, 11) is 3.21. The number of benzene rings is 1. The Bertz CT molecular complexity index is 754. The Labute approximate surface area is 207 Å². The average Bonchev–Trinajstić information content (AvgIpc) is 2.78. The van der Waals surface area contributed by atoms with Crippen LogP contribution in [0.15, 0.2) is 29.2 Å². The number of hydrogen-bond donors (Lipinski definition) is 1. The molecule has 0 saturated heterocycles. The summed E-state index contributed by atoms with van der Waals surface area (Å²) in [5.74, 6) is 7.09. The van der Waals surface area contributed by atoms with Gasteiger partial charge in [-0.1, -0.05) is 49.3 Å². The van der Waals surface area contributed by atoms with Gasteiger partial charge in [0, 0.05) is 35.8 Å². The number of ether oxygens (including phenoxy) is 2. The van der Waals surface area contributed by atoms with E-state index in [2.05, 4.69) is 31.0 Å². The summed E-state index contributed by atoms with van der Waals surface area (Å²) in [6, 6.07) is 7.61. The summed E-state index contributed by atoms with van der Waals surface area (Å²) < 4.78 is 11.1. The molecule has 0 saturated carbocycles. The molecule has 0 aliphatic carbocycles. The molecule has 0 aliphatic heterocycles. The van der Waals surface area contributed by atoms with E-state index >= 15 is 0 Å². The van der Waals surface area contributed by atoms with Crippen LogP contribution >= 0.6 is 21.6 Å². The highest BCUT2D eigenvalue weighted by Crippen LogP contribution is 2.34. The molecule has 1 unspecified atom stereocenters. The molecule has 5 nitrogen and oxygen atoms in total. The van der Waals surface area contributed by atoms with Crippen molar-refractivity contribution >= 4 is 33.3 Å². The molecular formula is C26H39NO4S2. The van der Waals surface area contributed by atoms with Gasteiger partial charge in [0.2, 0.25) is 0 Å². The third kappa shape index (κ3) is 15.9. The quantitative estimate of drug-likeness (QED) is 0.132. The molecule has 0 spiro atoms. The van der Waals surface area contributed by atoms with Crippen LogP contribution in [0.5, 0.6) is 0 Å². The Balaban J connectivity index is 2.14. The van der Waals surface area contributed by atoms with Crippen LogP contribution in [0, 0.1) is 23.7 Å². The molecule has 1 N–H and O–H groups in total. The minimum Gasteiger partial charge on any atom is -0.371 e. The summed E-state index contributed by atoms with van der Waals surface area (Å²) in [5, 5.41) is 2.97. The van der Waals surface area contributed by atoms with Gasteiger partial charge in [-0.2, -0.15) is 0 Å². The minimum atomic E-state index is -0.0263. The zero-order valence-electron chi connectivity index (χ0n) is 20.6. The van der Waals surface area contributed by atoms with E-state index in [0.29, 0.717) is 50.0 Å². The molecule has 1 aromatic carbocycles. The Hall–Kier alpha value is -1.46. The smallest absolute Gasteiger partial charge is 0.251 e. The van der Waals surface area contributed by atoms with Crippen LogP contribution in [-0.2, 0) is 14.3 Å². The van der Waals surface area contributed by atoms with E-state index in [1.807, 2.05) is 45.0 Å². The number of carbonyl (C=O) groups excluding carboxylic acids is 2. The average molecular weight is 494 g/mol. The fourth-order valence-electron chi connectivity index (χ4n) is 2.64. The minimum absolute atomic E-state index is 0.0236. The van der Waals surface area contributed by atoms with Crippen molar-refractivity contribution in [1.82, 2.24) is 5.32 Å². The predicted octanol–water partition coefficient (Wildman–Crippen LogP) is 5.98. The Morgan fingerprint density at radius 1 is 1.06 bits per heavy atom. The van der Waals surface area contributed by atoms with Gasteiger partial charge in [-0.3, -0.25) is 9.59 Å². The van der Waals surface area contributed by atoms with Crippen LogP contribution in [0.2, 0.25) is 0 Å². The first-order chi connectivity index (χ1) is 15.8. The van der Waals surface area contributed by atoms with E-state index in [4.69, 9.17) is 9.47 Å². The molecule has 1 amide bonds. The van der Waals surface area contributed by atoms with Gasteiger partial charge in [0.05, 0.1) is 13.2 Å². The normalized spacial score (nSPS) is 11.8. The van der Waals surface area contributed by atoms with E-state index < -0.39 is 0 Å². The van der Waals surface area contributed by atoms with Crippen LogP contribution in [0.25, 0.3) is 0 Å². The fourth-order valence-corrected chi connectivity index (χ4v) is 4.52. The lowest BCUT2D eigenvalue weighted by Crippen LogP contribution is -2.24. The number of rotatable bonds is 16. The van der Waals surface area contributed by atoms with Gasteiger partial charge in [0.1, 0.15) is 12.0 Å². The second-order valence-electron chi connectivity index (χ2n) is 8.50. The van der Waals surface area contributed by atoms with Crippen molar-refractivity contribution in [2.24, 2.45) is 11.8 Å². The lowest BCUT2D eigenvalue weighted by Gasteiger charge is -2.12. The van der Waals surface area contributed by atoms with Crippen molar-refractivity contribution in [3.8, 4) is 11.8 Å². The second kappa shape index (κ2) is 17.9. The Morgan fingerprint density at radius 3 is 2.45 bits per heavy atom. The van der Waals surface area contributed by atoms with E-state index in [9.17, 15) is 9.59 Å². The number of nitrogens with one attached hydrogen (secondary N) is 1. The highest BCUT2D eigenvalue weighted by atomic mass is 33.1. The van der Waals surface area contributed by atoms with Gasteiger partial charge in [-0.15, -0.1) is 11.8 Å². The highest BCUT2D eigenvalue weighted by molar-refractivity contribution is 8.76. The molecular weight excluding hydrogens is 454 g/mol. The lowest BCUT2D eigenvalue weighted by molar-refractivity contribution is -0.124. The van der Waals surface area contributed by atoms with Crippen LogP contribution in [0.4, 0.5) is 0 Å². The second-order valence-corrected chi connectivity index (χ2v) is 11.1. The highest BCUT2D eigenvalue weighted by Gasteiger charge is 2.08. The van der Waals surface area contributed by atoms with E-state index in [1.54, 1.807) is 21.6 Å². The summed E-state index contributed by atoms with van der Waals surface area (Å²) in [6.07, 6.45) is 3.14. The van der Waals surface area contributed by atoms with Crippen LogP contribution in [0.1, 0.15) is 70.7 Å². The van der Waals surface area contributed by atoms with Gasteiger partial charge in [0.15, 0.2) is 5.78 Å². The van der Waals surface area contributed by atoms with Crippen LogP contribution in [0.3, 0.4) is 0 Å². The van der Waals surface area contributed by atoms with Crippen LogP contribution in [-0.4, -0.2) is 43.5 Å². The molecule has 7 heteroatoms. The van der Waals surface area contributed by atoms with Gasteiger partial charge in [-0.25, -0.2) is 0 Å². The van der Waals surface area contributed by atoms with Gasteiger partial charge >= 0.3 is 0 Å². The van der Waals surface area contributed by atoms with E-state index in [0.717, 1.165) is 17.7 Å². The summed E-state index contributed by atoms with van der Waals surface area (Å²) in [4.78, 5) is 25.0. The van der Waals surface area contributed by atoms with E-state index in [1.165, 1.54) is 0 Å². The van der Waals surface area contributed by atoms with Crippen molar-refractivity contribution in [3.63, 3.8) is 0 Å². The first-order valence-corrected chi connectivity index (χ1v) is 13.9. The van der Waals surface area contributed by atoms with Crippen molar-refractivity contribution in [1.29, 1.82) is 0 Å². The third-order valence-electron chi connectivity index (χ3n) is 4.40. The first kappa shape index (κ1) is 29.6. The molecule has 184 valence electrons. The number of hydrogen-bond acceptors (Lipinski definition) is 6. The number of Topliss-reactive ketones (excluding diaryl/α,β-unsaturated/α-hetero) is 1. The molecule has 0 aliphatic rings. The monoisotopic (exact) mass is 493 g/mol. The molecule has 1 rings (SSSR count). The molecule has 0 heterocycles. The molecule has 33 heavy (non-hydrogen) atoms. The molecule has 1 atom stereocenters. The topological polar surface area (TPSA) is 64.6 Å². The SMILES string of the molecule is CC(C)C#CCCC(=O)COCCOC(C)SSc1ccc(C(=O)NCCCC(C)C)cc1. The van der Waals surface area contributed by atoms with Gasteiger partial charge < -0.3 is 14.8 Å². The molecule has 0 bridgehead atoms. The van der Waals surface area contributed by atoms with Gasteiger partial charge in [-0.05, 0) is 49.9 Å². The number of carbonyl (C=O) groups is 2. The number of ketones is 1. The first-order valence-electron chi connectivity index (χ1n) is 11.7. The van der Waals surface area contributed by atoms with Crippen molar-refractivity contribution in [2.75, 3.05) is 26.4 Å². The van der Waals surface area contributed by atoms with Crippen molar-refractivity contribution in [2.45, 2.75) is 70.6 Å². The standard InChI is InChI=1S/C26H39NO4S2/c1-20(2)9-6-7-11-24(28)19-30-17-18-31-22(5)32-33-25-14-12-23(13-15-25)26(29)27-16-8-10-21(3)4/h12-15,20-22H,7-8,10-11,16-19H2,1-5H3,(H,27,29). The van der Waals surface area contributed by atoms with E-state index in [-0.39, 0.29) is 23.7 Å². The number of amides is 1. The van der Waals surface area contributed by atoms with Crippen molar-refractivity contribution < 1.29 is 19.1 Å². The maximum Gasteiger partial charge on any atom is 0.251 e. The molecule has 1 aromatic rings. The Kier molecular flexibility index (Phi) is 16.1. The fraction of sp³-hybridized carbons (Fsp3) is 0.615. The maximum absolute atomic E-state index is 12.2. The maximum atomic E-state index is 12.2. The molecule has 0 radical (unpaired) electrons. The predicted molar refractivity (Wildman–Crippen MR) is 139 cm³/mol. The largest absolute Gasteiger partial charge is 0.371 e. The summed E-state index contributed by atoms with van der Waals surface area (Å²) in [6.45, 7) is 12.1. The zero-order chi connectivity index (χ0) is 24.5. The summed E-state index contributed by atoms with van der Waals surface area (Å²) in [5.41, 5.74) is 0.654. The lowest BCUT2D eigenvalue weighted by atomic mass is 10.1. The zero-order valence-corrected chi connectivity index (χ0v) is 22.3. The van der Waals surface area contributed by atoms with Crippen molar-refractivity contribution in [3.05, 3.63) is 29.8 Å². The summed E-state index contributed by atoms with van der Waals surface area (Å²) >= 11 is 0. The van der Waals surface area contributed by atoms with Gasteiger partial charge in [0.25, 0.3) is 5.91 Å². The third-order valence-corrected chi connectivity index (χ3v) is 7.05. The van der Waals surface area contributed by atoms with Crippen LogP contribution < -0.4 is 5.32 Å². The molecule has 0 aromatic heterocycles. The Morgan fingerprint density at radius 2 is 1.79 bits per heavy atom.